The van der Waals surface area contributed by atoms with Gasteiger partial charge in [-0.1, -0.05) is 35.3 Å². The van der Waals surface area contributed by atoms with Crippen LogP contribution in [0.4, 0.5) is 10.1 Å². The second-order valence-electron chi connectivity index (χ2n) is 5.38. The van der Waals surface area contributed by atoms with Crippen LogP contribution in [0.2, 0.25) is 0 Å². The molecule has 0 unspecified atom stereocenters. The minimum atomic E-state index is -1.17. The van der Waals surface area contributed by atoms with Crippen molar-refractivity contribution in [3.8, 4) is 23.1 Å². The van der Waals surface area contributed by atoms with Crippen LogP contribution in [0.5, 0.6) is 6.01 Å². The summed E-state index contributed by atoms with van der Waals surface area (Å²) in [7, 11) is 0. The first kappa shape index (κ1) is 19.1. The van der Waals surface area contributed by atoms with Gasteiger partial charge in [-0.3, -0.25) is 4.79 Å². The summed E-state index contributed by atoms with van der Waals surface area (Å²) >= 11 is 11.0. The summed E-state index contributed by atoms with van der Waals surface area (Å²) in [5.41, 5.74) is 1.41. The zero-order valence-electron chi connectivity index (χ0n) is 14.2. The number of hydrogen-bond donors (Lipinski definition) is 1. The van der Waals surface area contributed by atoms with Crippen LogP contribution in [-0.2, 0) is 4.79 Å². The van der Waals surface area contributed by atoms with Crippen molar-refractivity contribution in [2.45, 2.75) is 11.8 Å². The van der Waals surface area contributed by atoms with Gasteiger partial charge in [-0.25, -0.2) is 9.07 Å². The molecule has 9 heteroatoms. The zero-order valence-corrected chi connectivity index (χ0v) is 15.7. The van der Waals surface area contributed by atoms with Gasteiger partial charge in [0.05, 0.1) is 17.9 Å². The lowest BCUT2D eigenvalue weighted by Crippen LogP contribution is -2.18. The molecular formula is C18H15Cl2FN4O2. The molecule has 1 amide bonds. The van der Waals surface area contributed by atoms with E-state index in [4.69, 9.17) is 27.9 Å². The number of carbonyl (C=O) groups excluding carboxylic acids is 1. The molecule has 0 atom stereocenters. The molecule has 0 aliphatic heterocycles. The number of nitrogens with zero attached hydrogens (tertiary/aromatic N) is 3. The Balaban J connectivity index is 1.98. The molecule has 0 saturated heterocycles. The fourth-order valence-corrected chi connectivity index (χ4v) is 2.47. The van der Waals surface area contributed by atoms with E-state index < -0.39 is 16.6 Å². The number of aromatic nitrogens is 3. The number of ether oxygens (including phenoxy) is 1. The first-order chi connectivity index (χ1) is 13.0. The molecule has 27 heavy (non-hydrogen) atoms. The predicted molar refractivity (Wildman–Crippen MR) is 102 cm³/mol. The third kappa shape index (κ3) is 4.37. The average molecular weight is 409 g/mol. The number of rotatable bonds is 6. The molecule has 0 bridgehead atoms. The van der Waals surface area contributed by atoms with Gasteiger partial charge >= 0.3 is 6.01 Å². The molecular weight excluding hydrogens is 394 g/mol. The summed E-state index contributed by atoms with van der Waals surface area (Å²) in [4.78, 5) is 14.7. The minimum absolute atomic E-state index is 0.139. The molecule has 6 nitrogen and oxygen atoms in total. The Bertz CT molecular complexity index is 945. The van der Waals surface area contributed by atoms with Crippen molar-refractivity contribution < 1.29 is 13.9 Å². The second kappa shape index (κ2) is 8.37. The summed E-state index contributed by atoms with van der Waals surface area (Å²) in [6.45, 7) is 2.19. The van der Waals surface area contributed by atoms with Crippen LogP contribution in [0.1, 0.15) is 6.92 Å². The first-order valence-corrected chi connectivity index (χ1v) is 8.91. The van der Waals surface area contributed by atoms with Crippen LogP contribution in [0.25, 0.3) is 17.1 Å². The van der Waals surface area contributed by atoms with E-state index in [1.54, 1.807) is 42.5 Å². The standard InChI is InChI=1S/C18H15Cl2FN4O2/c1-2-27-18-23-16(13-5-3-4-6-14(13)21)25(24-18)12-9-7-11(8-10-12)22-17(26)15(19)20/h3-10,15H,2H2,1H3,(H,22,26). The van der Waals surface area contributed by atoms with E-state index in [0.717, 1.165) is 0 Å². The Kier molecular flexibility index (Phi) is 5.93. The number of hydrogen-bond acceptors (Lipinski definition) is 4. The van der Waals surface area contributed by atoms with Crippen molar-refractivity contribution in [1.82, 2.24) is 14.8 Å². The van der Waals surface area contributed by atoms with Crippen molar-refractivity contribution in [2.75, 3.05) is 11.9 Å². The number of halogens is 3. The van der Waals surface area contributed by atoms with Crippen LogP contribution < -0.4 is 10.1 Å². The van der Waals surface area contributed by atoms with Gasteiger partial charge in [0.2, 0.25) is 0 Å². The molecule has 3 aromatic rings. The molecule has 1 N–H and O–H groups in total. The summed E-state index contributed by atoms with van der Waals surface area (Å²) in [6, 6.07) is 13.1. The fraction of sp³-hybridized carbons (Fsp3) is 0.167. The maximum absolute atomic E-state index is 14.3. The SMILES string of the molecule is CCOc1nc(-c2ccccc2F)n(-c2ccc(NC(=O)C(Cl)Cl)cc2)n1. The first-order valence-electron chi connectivity index (χ1n) is 8.03. The highest BCUT2D eigenvalue weighted by atomic mass is 35.5. The fourth-order valence-electron chi connectivity index (χ4n) is 2.36. The Morgan fingerprint density at radius 1 is 1.22 bits per heavy atom. The molecule has 0 spiro atoms. The highest BCUT2D eigenvalue weighted by molar-refractivity contribution is 6.54. The maximum atomic E-state index is 14.3. The number of carbonyl (C=O) groups is 1. The molecule has 140 valence electrons. The van der Waals surface area contributed by atoms with Crippen LogP contribution in [-0.4, -0.2) is 32.1 Å². The second-order valence-corrected chi connectivity index (χ2v) is 6.48. The van der Waals surface area contributed by atoms with Crippen LogP contribution >= 0.6 is 23.2 Å². The van der Waals surface area contributed by atoms with E-state index >= 15 is 0 Å². The van der Waals surface area contributed by atoms with Crippen molar-refractivity contribution >= 4 is 34.8 Å². The number of alkyl halides is 2. The van der Waals surface area contributed by atoms with Gasteiger partial charge in [0, 0.05) is 5.69 Å². The van der Waals surface area contributed by atoms with Gasteiger partial charge in [0.15, 0.2) is 10.7 Å². The smallest absolute Gasteiger partial charge is 0.336 e. The molecule has 0 saturated carbocycles. The highest BCUT2D eigenvalue weighted by Crippen LogP contribution is 2.26. The quantitative estimate of drug-likeness (QED) is 0.620. The Morgan fingerprint density at radius 2 is 1.93 bits per heavy atom. The van der Waals surface area contributed by atoms with E-state index in [9.17, 15) is 9.18 Å². The van der Waals surface area contributed by atoms with Crippen molar-refractivity contribution in [2.24, 2.45) is 0 Å². The number of anilines is 1. The van der Waals surface area contributed by atoms with Gasteiger partial charge in [0.1, 0.15) is 5.82 Å². The van der Waals surface area contributed by atoms with Gasteiger partial charge in [0.25, 0.3) is 5.91 Å². The van der Waals surface area contributed by atoms with Gasteiger partial charge in [-0.15, -0.1) is 5.10 Å². The van der Waals surface area contributed by atoms with Crippen molar-refractivity contribution in [3.63, 3.8) is 0 Å². The van der Waals surface area contributed by atoms with Crippen LogP contribution in [0.3, 0.4) is 0 Å². The molecule has 0 radical (unpaired) electrons. The molecule has 0 fully saturated rings. The third-order valence-corrected chi connectivity index (χ3v) is 3.95. The molecule has 0 aliphatic rings. The van der Waals surface area contributed by atoms with Crippen LogP contribution in [0.15, 0.2) is 48.5 Å². The highest BCUT2D eigenvalue weighted by Gasteiger charge is 2.18. The van der Waals surface area contributed by atoms with Crippen molar-refractivity contribution in [3.05, 3.63) is 54.3 Å². The minimum Gasteiger partial charge on any atom is -0.463 e. The Labute approximate surface area is 164 Å². The number of amides is 1. The largest absolute Gasteiger partial charge is 0.463 e. The lowest BCUT2D eigenvalue weighted by molar-refractivity contribution is -0.114. The Morgan fingerprint density at radius 3 is 2.56 bits per heavy atom. The monoisotopic (exact) mass is 408 g/mol. The summed E-state index contributed by atoms with van der Waals surface area (Å²) < 4.78 is 21.1. The lowest BCUT2D eigenvalue weighted by Gasteiger charge is -2.09. The van der Waals surface area contributed by atoms with Gasteiger partial charge in [-0.2, -0.15) is 4.98 Å². The molecule has 3 rings (SSSR count). The van der Waals surface area contributed by atoms with Gasteiger partial charge < -0.3 is 10.1 Å². The molecule has 2 aromatic carbocycles. The van der Waals surface area contributed by atoms with E-state index in [1.807, 2.05) is 6.92 Å². The van der Waals surface area contributed by atoms with Crippen LogP contribution in [0, 0.1) is 5.82 Å². The third-order valence-electron chi connectivity index (χ3n) is 3.55. The van der Waals surface area contributed by atoms with Crippen molar-refractivity contribution in [1.29, 1.82) is 0 Å². The van der Waals surface area contributed by atoms with E-state index in [1.165, 1.54) is 10.7 Å². The lowest BCUT2D eigenvalue weighted by atomic mass is 10.2. The molecule has 1 aromatic heterocycles. The Hall–Kier alpha value is -2.64. The maximum Gasteiger partial charge on any atom is 0.336 e. The average Bonchev–Trinajstić information content (AvgIpc) is 3.06. The predicted octanol–water partition coefficient (Wildman–Crippen LogP) is 4.21. The van der Waals surface area contributed by atoms with E-state index in [2.05, 4.69) is 15.4 Å². The van der Waals surface area contributed by atoms with Gasteiger partial charge in [-0.05, 0) is 43.3 Å². The molecule has 0 aliphatic carbocycles. The zero-order chi connectivity index (χ0) is 19.4. The summed E-state index contributed by atoms with van der Waals surface area (Å²) in [6.07, 6.45) is 0. The number of nitrogens with one attached hydrogen (secondary N) is 1. The summed E-state index contributed by atoms with van der Waals surface area (Å²) in [5.74, 6) is -0.652. The van der Waals surface area contributed by atoms with E-state index in [0.29, 0.717) is 29.4 Å². The normalized spacial score (nSPS) is 10.9. The summed E-state index contributed by atoms with van der Waals surface area (Å²) in [5, 5.41) is 6.86. The number of benzene rings is 2. The molecule has 1 heterocycles. The van der Waals surface area contributed by atoms with E-state index in [-0.39, 0.29) is 6.01 Å². The topological polar surface area (TPSA) is 69.0 Å².